The quantitative estimate of drug-likeness (QED) is 0.494. The minimum atomic E-state index is -0.466. The molecule has 0 saturated carbocycles. The van der Waals surface area contributed by atoms with Crippen molar-refractivity contribution < 1.29 is 0 Å². The van der Waals surface area contributed by atoms with Gasteiger partial charge in [0.2, 0.25) is 0 Å². The molecule has 77 valence electrons. The first-order valence-electron chi connectivity index (χ1n) is 3.18. The van der Waals surface area contributed by atoms with Gasteiger partial charge in [-0.1, -0.05) is 3.91 Å². The molecule has 0 aromatic heterocycles. The van der Waals surface area contributed by atoms with Gasteiger partial charge in [-0.3, -0.25) is 0 Å². The highest BCUT2D eigenvalue weighted by atomic mass is 35.5. The van der Waals surface area contributed by atoms with Crippen LogP contribution in [0.1, 0.15) is 0 Å². The lowest BCUT2D eigenvalue weighted by molar-refractivity contribution is 1.47. The van der Waals surface area contributed by atoms with Gasteiger partial charge in [0.1, 0.15) is 0 Å². The molecule has 0 bridgehead atoms. The highest BCUT2D eigenvalue weighted by Gasteiger charge is 2.33. The summed E-state index contributed by atoms with van der Waals surface area (Å²) in [4.78, 5) is 0. The minimum absolute atomic E-state index is 0.250. The molecule has 0 aliphatic rings. The second-order valence-corrected chi connectivity index (χ2v) is 16.2. The highest BCUT2D eigenvalue weighted by Crippen LogP contribution is 2.27. The summed E-state index contributed by atoms with van der Waals surface area (Å²) in [6, 6.07) is 0. The molecular formula is C4H3Cl6Si4. The second kappa shape index (κ2) is 7.84. The van der Waals surface area contributed by atoms with Crippen molar-refractivity contribution in [2.24, 2.45) is 0 Å². The first-order chi connectivity index (χ1) is 6.25. The van der Waals surface area contributed by atoms with Crippen LogP contribution >= 0.6 is 69.6 Å². The normalized spacial score (nSPS) is 13.3. The predicted molar refractivity (Wildman–Crippen MR) is 72.2 cm³/mol. The number of hydrogen-bond donors (Lipinski definition) is 0. The zero-order chi connectivity index (χ0) is 11.4. The van der Waals surface area contributed by atoms with Crippen molar-refractivity contribution in [3.8, 4) is 0 Å². The maximum absolute atomic E-state index is 5.71. The lowest BCUT2D eigenvalue weighted by Gasteiger charge is -2.28. The molecular weight excluding hydrogens is 373 g/mol. The lowest BCUT2D eigenvalue weighted by Crippen LogP contribution is -2.42. The van der Waals surface area contributed by atoms with Gasteiger partial charge in [0.25, 0.3) is 0 Å². The molecule has 14 heavy (non-hydrogen) atoms. The van der Waals surface area contributed by atoms with E-state index in [1.54, 1.807) is 0 Å². The van der Waals surface area contributed by atoms with Gasteiger partial charge >= 0.3 is 0 Å². The molecule has 0 rings (SSSR count). The smallest absolute Gasteiger partial charge is 0.0925 e. The van der Waals surface area contributed by atoms with Crippen LogP contribution in [-0.2, 0) is 0 Å². The molecule has 0 nitrogen and oxygen atoms in total. The average Bonchev–Trinajstić information content (AvgIpc) is 1.76. The number of hydrogen-bond acceptors (Lipinski definition) is 0. The van der Waals surface area contributed by atoms with E-state index in [-0.39, 0.29) is 32.5 Å². The molecule has 0 aromatic rings. The molecule has 0 aromatic carbocycles. The lowest BCUT2D eigenvalue weighted by atomic mass is 11.7. The molecule has 0 aliphatic carbocycles. The Labute approximate surface area is 125 Å². The van der Waals surface area contributed by atoms with Crippen molar-refractivity contribution >= 4 is 108 Å². The number of halogens is 6. The summed E-state index contributed by atoms with van der Waals surface area (Å²) in [6.45, 7) is 0. The van der Waals surface area contributed by atoms with E-state index in [2.05, 4.69) is 10.2 Å². The minimum Gasteiger partial charge on any atom is -0.110 e. The van der Waals surface area contributed by atoms with Crippen molar-refractivity contribution in [3.63, 3.8) is 0 Å². The fraction of sp³-hybridized carbons (Fsp3) is 1.00. The third kappa shape index (κ3) is 8.72. The first-order valence-corrected chi connectivity index (χ1v) is 9.53. The summed E-state index contributed by atoms with van der Waals surface area (Å²) in [6.07, 6.45) is 0. The zero-order valence-electron chi connectivity index (χ0n) is 6.50. The first kappa shape index (κ1) is 16.6. The summed E-state index contributed by atoms with van der Waals surface area (Å²) in [5.41, 5.74) is 0. The van der Waals surface area contributed by atoms with E-state index in [0.717, 1.165) is 0 Å². The van der Waals surface area contributed by atoms with E-state index in [1.165, 1.54) is 0 Å². The Balaban J connectivity index is 4.32. The van der Waals surface area contributed by atoms with Crippen LogP contribution in [0.3, 0.4) is 0 Å². The molecule has 0 atom stereocenters. The Hall–Kier alpha value is 2.61. The van der Waals surface area contributed by atoms with Gasteiger partial charge in [0.15, 0.2) is 0 Å². The van der Waals surface area contributed by atoms with Gasteiger partial charge in [0, 0.05) is 10.2 Å². The Morgan fingerprint density at radius 1 is 0.714 bits per heavy atom. The van der Waals surface area contributed by atoms with Crippen LogP contribution in [0.4, 0.5) is 0 Å². The highest BCUT2D eigenvalue weighted by molar-refractivity contribution is 7.01. The summed E-state index contributed by atoms with van der Waals surface area (Å²) >= 11 is 34.3. The largest absolute Gasteiger partial charge is 0.110 e. The number of alkyl halides is 6. The molecule has 0 saturated heterocycles. The molecule has 0 heterocycles. The van der Waals surface area contributed by atoms with Crippen LogP contribution in [-0.4, -0.2) is 52.2 Å². The van der Waals surface area contributed by atoms with E-state index >= 15 is 0 Å². The second-order valence-electron chi connectivity index (χ2n) is 2.09. The Morgan fingerprint density at radius 3 is 1.07 bits per heavy atom. The predicted octanol–water partition coefficient (Wildman–Crippen LogP) is 2.58. The SMILES string of the molecule is [Si]C([Si]C(Cl)Cl)([Si]C(Cl)Cl)[Si]C(Cl)Cl. The Bertz CT molecular complexity index is 137. The topological polar surface area (TPSA) is 0 Å². The Morgan fingerprint density at radius 2 is 0.929 bits per heavy atom. The van der Waals surface area contributed by atoms with Gasteiger partial charge in [-0.05, 0) is 0 Å². The molecule has 10 heteroatoms. The molecule has 0 aliphatic heterocycles. The molecule has 0 unspecified atom stereocenters. The van der Waals surface area contributed by atoms with E-state index in [9.17, 15) is 0 Å². The van der Waals surface area contributed by atoms with Gasteiger partial charge in [-0.25, -0.2) is 0 Å². The standard InChI is InChI=1S/C4H3Cl6Si4/c5-1(6)12-4(11,13-2(7)8)14-3(9)10/h1-3H. The van der Waals surface area contributed by atoms with E-state index in [0.29, 0.717) is 0 Å². The van der Waals surface area contributed by atoms with Crippen LogP contribution in [0.15, 0.2) is 0 Å². The van der Waals surface area contributed by atoms with Gasteiger partial charge in [-0.2, -0.15) is 0 Å². The van der Waals surface area contributed by atoms with Crippen molar-refractivity contribution in [2.75, 3.05) is 0 Å². The molecule has 0 fully saturated rings. The van der Waals surface area contributed by atoms with Crippen molar-refractivity contribution in [3.05, 3.63) is 0 Å². The molecule has 0 spiro atoms. The molecule has 9 radical (unpaired) electrons. The van der Waals surface area contributed by atoms with Crippen molar-refractivity contribution in [1.29, 1.82) is 0 Å². The molecule has 0 amide bonds. The summed E-state index contributed by atoms with van der Waals surface area (Å²) < 4.78 is -1.73. The third-order valence-electron chi connectivity index (χ3n) is 0.977. The van der Waals surface area contributed by atoms with Crippen molar-refractivity contribution in [1.82, 2.24) is 0 Å². The summed E-state index contributed by atoms with van der Waals surface area (Å²) in [7, 11) is 4.32. The maximum atomic E-state index is 5.71. The van der Waals surface area contributed by atoms with E-state index in [4.69, 9.17) is 69.6 Å². The van der Waals surface area contributed by atoms with Crippen molar-refractivity contribution in [2.45, 2.75) is 17.3 Å². The van der Waals surface area contributed by atoms with Gasteiger partial charge < -0.3 is 0 Å². The third-order valence-corrected chi connectivity index (χ3v) is 8.79. The van der Waals surface area contributed by atoms with Gasteiger partial charge in [0.05, 0.1) is 41.9 Å². The van der Waals surface area contributed by atoms with Gasteiger partial charge in [-0.15, -0.1) is 69.6 Å². The van der Waals surface area contributed by atoms with Crippen LogP contribution in [0.5, 0.6) is 0 Å². The monoisotopic (exact) mass is 373 g/mol. The van der Waals surface area contributed by atoms with Crippen LogP contribution in [0.25, 0.3) is 0 Å². The number of rotatable bonds is 6. The summed E-state index contributed by atoms with van der Waals surface area (Å²) in [5, 5.41) is 0. The Kier molecular flexibility index (Phi) is 9.30. The maximum Gasteiger partial charge on any atom is 0.0925 e. The van der Waals surface area contributed by atoms with E-state index in [1.807, 2.05) is 0 Å². The fourth-order valence-electron chi connectivity index (χ4n) is 0.616. The van der Waals surface area contributed by atoms with Crippen LogP contribution in [0, 0.1) is 0 Å². The van der Waals surface area contributed by atoms with Crippen LogP contribution < -0.4 is 0 Å². The fourth-order valence-corrected chi connectivity index (χ4v) is 14.4. The zero-order valence-corrected chi connectivity index (χ0v) is 15.0. The summed E-state index contributed by atoms with van der Waals surface area (Å²) in [5.74, 6) is 0. The average molecular weight is 376 g/mol. The van der Waals surface area contributed by atoms with E-state index < -0.39 is 13.4 Å². The molecule has 0 N–H and O–H groups in total. The van der Waals surface area contributed by atoms with Crippen LogP contribution in [0.2, 0.25) is 3.91 Å².